The molecule has 1 fully saturated rings. The van der Waals surface area contributed by atoms with E-state index in [2.05, 4.69) is 0 Å². The second-order valence-corrected chi connectivity index (χ2v) is 2.86. The van der Waals surface area contributed by atoms with Gasteiger partial charge in [-0.25, -0.2) is 4.39 Å². The number of aliphatic hydroxyl groups excluding tert-OH is 1. The van der Waals surface area contributed by atoms with Gasteiger partial charge >= 0.3 is 0 Å². The molecule has 1 aliphatic carbocycles. The summed E-state index contributed by atoms with van der Waals surface area (Å²) in [4.78, 5) is 1.88. The van der Waals surface area contributed by atoms with Gasteiger partial charge in [-0.05, 0) is 19.9 Å². The van der Waals surface area contributed by atoms with Crippen LogP contribution in [0.3, 0.4) is 0 Å². The highest BCUT2D eigenvalue weighted by Gasteiger charge is 2.33. The van der Waals surface area contributed by atoms with E-state index in [4.69, 9.17) is 5.11 Å². The molecular formula is C7H14FNO. The molecule has 10 heavy (non-hydrogen) atoms. The van der Waals surface area contributed by atoms with Gasteiger partial charge in [0, 0.05) is 12.6 Å². The van der Waals surface area contributed by atoms with Crippen molar-refractivity contribution < 1.29 is 9.50 Å². The van der Waals surface area contributed by atoms with Crippen molar-refractivity contribution in [2.24, 2.45) is 0 Å². The second kappa shape index (κ2) is 3.30. The van der Waals surface area contributed by atoms with Crippen molar-refractivity contribution in [3.63, 3.8) is 0 Å². The van der Waals surface area contributed by atoms with Gasteiger partial charge in [0.25, 0.3) is 0 Å². The van der Waals surface area contributed by atoms with Gasteiger partial charge in [0.1, 0.15) is 6.17 Å². The number of aliphatic hydroxyl groups is 1. The molecule has 0 saturated heterocycles. The molecule has 0 spiro atoms. The molecule has 0 aliphatic heterocycles. The van der Waals surface area contributed by atoms with E-state index in [0.717, 1.165) is 6.42 Å². The Morgan fingerprint density at radius 3 is 2.60 bits per heavy atom. The van der Waals surface area contributed by atoms with Crippen molar-refractivity contribution in [3.05, 3.63) is 0 Å². The second-order valence-electron chi connectivity index (χ2n) is 2.86. The summed E-state index contributed by atoms with van der Waals surface area (Å²) in [6, 6.07) is 0.0761. The van der Waals surface area contributed by atoms with E-state index < -0.39 is 6.17 Å². The molecule has 0 aromatic heterocycles. The highest BCUT2D eigenvalue weighted by atomic mass is 19.1. The number of likely N-dealkylation sites (N-methyl/N-ethyl adjacent to an activating group) is 1. The third kappa shape index (κ3) is 1.47. The van der Waals surface area contributed by atoms with Crippen LogP contribution in [0, 0.1) is 0 Å². The normalized spacial score (nSPS) is 32.4. The summed E-state index contributed by atoms with van der Waals surface area (Å²) >= 11 is 0. The number of nitrogens with zero attached hydrogens (tertiary/aromatic N) is 1. The van der Waals surface area contributed by atoms with Gasteiger partial charge in [0.2, 0.25) is 0 Å². The standard InChI is InChI=1S/C7H14FNO/c1-9(4-5-10)7-3-2-6(7)8/h6-7,10H,2-5H2,1H3. The highest BCUT2D eigenvalue weighted by Crippen LogP contribution is 2.27. The van der Waals surface area contributed by atoms with E-state index >= 15 is 0 Å². The lowest BCUT2D eigenvalue weighted by atomic mass is 9.89. The first-order valence-electron chi connectivity index (χ1n) is 3.71. The zero-order valence-corrected chi connectivity index (χ0v) is 6.26. The van der Waals surface area contributed by atoms with Crippen LogP contribution in [0.4, 0.5) is 4.39 Å². The average molecular weight is 147 g/mol. The van der Waals surface area contributed by atoms with Crippen LogP contribution in [0.25, 0.3) is 0 Å². The molecule has 2 unspecified atom stereocenters. The van der Waals surface area contributed by atoms with E-state index in [0.29, 0.717) is 13.0 Å². The summed E-state index contributed by atoms with van der Waals surface area (Å²) in [7, 11) is 1.85. The Hall–Kier alpha value is -0.150. The Balaban J connectivity index is 2.20. The fraction of sp³-hybridized carbons (Fsp3) is 1.00. The lowest BCUT2D eigenvalue weighted by Crippen LogP contribution is -2.47. The molecule has 2 atom stereocenters. The smallest absolute Gasteiger partial charge is 0.116 e. The number of rotatable bonds is 3. The van der Waals surface area contributed by atoms with Crippen LogP contribution in [0.2, 0.25) is 0 Å². The minimum absolute atomic E-state index is 0.0761. The average Bonchev–Trinajstić information content (AvgIpc) is 1.85. The zero-order valence-electron chi connectivity index (χ0n) is 6.26. The first-order valence-corrected chi connectivity index (χ1v) is 3.71. The van der Waals surface area contributed by atoms with E-state index in [1.54, 1.807) is 0 Å². The molecule has 0 bridgehead atoms. The maximum Gasteiger partial charge on any atom is 0.116 e. The highest BCUT2D eigenvalue weighted by molar-refractivity contribution is 4.87. The fourth-order valence-corrected chi connectivity index (χ4v) is 1.26. The SMILES string of the molecule is CN(CCO)C1CCC1F. The molecule has 1 rings (SSSR count). The maximum absolute atomic E-state index is 12.6. The maximum atomic E-state index is 12.6. The molecule has 1 N–H and O–H groups in total. The third-order valence-corrected chi connectivity index (χ3v) is 2.17. The molecule has 60 valence electrons. The van der Waals surface area contributed by atoms with E-state index in [-0.39, 0.29) is 12.6 Å². The molecular weight excluding hydrogens is 133 g/mol. The van der Waals surface area contributed by atoms with Crippen molar-refractivity contribution >= 4 is 0 Å². The summed E-state index contributed by atoms with van der Waals surface area (Å²) in [5.74, 6) is 0. The van der Waals surface area contributed by atoms with Crippen molar-refractivity contribution in [1.29, 1.82) is 0 Å². The van der Waals surface area contributed by atoms with Crippen LogP contribution in [0.5, 0.6) is 0 Å². The molecule has 0 aromatic rings. The number of alkyl halides is 1. The van der Waals surface area contributed by atoms with Crippen LogP contribution < -0.4 is 0 Å². The lowest BCUT2D eigenvalue weighted by Gasteiger charge is -2.37. The summed E-state index contributed by atoms with van der Waals surface area (Å²) in [5, 5.41) is 8.53. The molecule has 1 saturated carbocycles. The van der Waals surface area contributed by atoms with Gasteiger partial charge < -0.3 is 5.11 Å². The molecule has 0 heterocycles. The molecule has 2 nitrogen and oxygen atoms in total. The molecule has 0 amide bonds. The first kappa shape index (κ1) is 7.95. The van der Waals surface area contributed by atoms with Crippen molar-refractivity contribution in [2.45, 2.75) is 25.1 Å². The quantitative estimate of drug-likeness (QED) is 0.625. The van der Waals surface area contributed by atoms with E-state index in [9.17, 15) is 4.39 Å². The van der Waals surface area contributed by atoms with Crippen molar-refractivity contribution in [1.82, 2.24) is 4.90 Å². The predicted molar refractivity (Wildman–Crippen MR) is 37.6 cm³/mol. The topological polar surface area (TPSA) is 23.5 Å². The molecule has 0 radical (unpaired) electrons. The summed E-state index contributed by atoms with van der Waals surface area (Å²) in [5.41, 5.74) is 0. The van der Waals surface area contributed by atoms with Crippen molar-refractivity contribution in [2.75, 3.05) is 20.2 Å². The van der Waals surface area contributed by atoms with Crippen LogP contribution in [0.15, 0.2) is 0 Å². The Bertz CT molecular complexity index is 110. The van der Waals surface area contributed by atoms with Crippen LogP contribution >= 0.6 is 0 Å². The molecule has 1 aliphatic rings. The van der Waals surface area contributed by atoms with Gasteiger partial charge in [-0.3, -0.25) is 4.90 Å². The molecule has 3 heteroatoms. The number of hydrogen-bond acceptors (Lipinski definition) is 2. The van der Waals surface area contributed by atoms with E-state index in [1.807, 2.05) is 11.9 Å². The molecule has 0 aromatic carbocycles. The Labute approximate surface area is 60.6 Å². The predicted octanol–water partition coefficient (Wildman–Crippen LogP) is 0.411. The van der Waals surface area contributed by atoms with Gasteiger partial charge in [-0.1, -0.05) is 0 Å². The largest absolute Gasteiger partial charge is 0.395 e. The summed E-state index contributed by atoms with van der Waals surface area (Å²) < 4.78 is 12.6. The Morgan fingerprint density at radius 2 is 2.30 bits per heavy atom. The Morgan fingerprint density at radius 1 is 1.60 bits per heavy atom. The van der Waals surface area contributed by atoms with Gasteiger partial charge in [0.15, 0.2) is 0 Å². The monoisotopic (exact) mass is 147 g/mol. The minimum atomic E-state index is -0.656. The lowest BCUT2D eigenvalue weighted by molar-refractivity contribution is 0.0422. The zero-order chi connectivity index (χ0) is 7.56. The van der Waals surface area contributed by atoms with Crippen LogP contribution in [-0.2, 0) is 0 Å². The minimum Gasteiger partial charge on any atom is -0.395 e. The van der Waals surface area contributed by atoms with Gasteiger partial charge in [0.05, 0.1) is 6.61 Å². The summed E-state index contributed by atoms with van der Waals surface area (Å²) in [6.45, 7) is 0.713. The van der Waals surface area contributed by atoms with E-state index in [1.165, 1.54) is 0 Å². The van der Waals surface area contributed by atoms with Crippen molar-refractivity contribution in [3.8, 4) is 0 Å². The van der Waals surface area contributed by atoms with Crippen LogP contribution in [-0.4, -0.2) is 42.4 Å². The number of hydrogen-bond donors (Lipinski definition) is 1. The first-order chi connectivity index (χ1) is 4.75. The Kier molecular flexibility index (Phi) is 2.63. The van der Waals surface area contributed by atoms with Gasteiger partial charge in [-0.2, -0.15) is 0 Å². The number of halogens is 1. The fourth-order valence-electron chi connectivity index (χ4n) is 1.26. The third-order valence-electron chi connectivity index (χ3n) is 2.17. The van der Waals surface area contributed by atoms with Crippen LogP contribution in [0.1, 0.15) is 12.8 Å². The van der Waals surface area contributed by atoms with Gasteiger partial charge in [-0.15, -0.1) is 0 Å². The summed E-state index contributed by atoms with van der Waals surface area (Å²) in [6.07, 6.45) is 0.981.